The molecule has 180 valence electrons. The Morgan fingerprint density at radius 1 is 1.24 bits per heavy atom. The fourth-order valence-electron chi connectivity index (χ4n) is 3.86. The first kappa shape index (κ1) is 24.9. The van der Waals surface area contributed by atoms with Crippen LogP contribution in [-0.4, -0.2) is 56.6 Å². The third kappa shape index (κ3) is 5.43. The van der Waals surface area contributed by atoms with Crippen LogP contribution in [0.5, 0.6) is 0 Å². The van der Waals surface area contributed by atoms with Crippen LogP contribution in [0.25, 0.3) is 0 Å². The molecule has 12 heteroatoms. The highest BCUT2D eigenvalue weighted by molar-refractivity contribution is 7.90. The number of hydrogen-bond donors (Lipinski definition) is 0. The van der Waals surface area contributed by atoms with Crippen LogP contribution in [0.3, 0.4) is 0 Å². The van der Waals surface area contributed by atoms with E-state index in [-0.39, 0.29) is 30.0 Å². The molecular weight excluding hydrogens is 464 g/mol. The van der Waals surface area contributed by atoms with E-state index >= 15 is 0 Å². The molecule has 0 aliphatic carbocycles. The highest BCUT2D eigenvalue weighted by atomic mass is 32.2. The van der Waals surface area contributed by atoms with Gasteiger partial charge in [-0.05, 0) is 24.1 Å². The van der Waals surface area contributed by atoms with Crippen molar-refractivity contribution in [2.45, 2.75) is 37.4 Å². The van der Waals surface area contributed by atoms with E-state index in [9.17, 15) is 30.8 Å². The second-order valence-electron chi connectivity index (χ2n) is 8.25. The van der Waals surface area contributed by atoms with Gasteiger partial charge in [0, 0.05) is 49.8 Å². The number of benzene rings is 1. The SMILES string of the molecule is CC(C)C1CN(c2ccc(F)c(S(C)(=O)=O)c2)CCN1c1ncc(CC=O)c(C(F)(F)F)n1. The van der Waals surface area contributed by atoms with Gasteiger partial charge in [0.05, 0.1) is 6.04 Å². The molecule has 7 nitrogen and oxygen atoms in total. The summed E-state index contributed by atoms with van der Waals surface area (Å²) in [6.45, 7) is 4.74. The van der Waals surface area contributed by atoms with E-state index in [2.05, 4.69) is 9.97 Å². The number of carbonyl (C=O) groups is 1. The molecule has 1 aromatic heterocycles. The lowest BCUT2D eigenvalue weighted by Gasteiger charge is -2.44. The second-order valence-corrected chi connectivity index (χ2v) is 10.2. The summed E-state index contributed by atoms with van der Waals surface area (Å²) in [6, 6.07) is 3.53. The van der Waals surface area contributed by atoms with Gasteiger partial charge in [-0.15, -0.1) is 0 Å². The molecule has 2 aromatic rings. The first-order valence-electron chi connectivity index (χ1n) is 10.2. The van der Waals surface area contributed by atoms with Crippen molar-refractivity contribution in [1.29, 1.82) is 0 Å². The van der Waals surface area contributed by atoms with Gasteiger partial charge in [-0.3, -0.25) is 0 Å². The van der Waals surface area contributed by atoms with Gasteiger partial charge in [0.1, 0.15) is 17.0 Å². The van der Waals surface area contributed by atoms with Crippen LogP contribution in [0.1, 0.15) is 25.1 Å². The molecule has 3 rings (SSSR count). The van der Waals surface area contributed by atoms with Crippen molar-refractivity contribution in [1.82, 2.24) is 9.97 Å². The summed E-state index contributed by atoms with van der Waals surface area (Å²) < 4.78 is 78.3. The molecule has 0 radical (unpaired) electrons. The lowest BCUT2D eigenvalue weighted by Crippen LogP contribution is -2.56. The molecule has 1 atom stereocenters. The number of carbonyl (C=O) groups excluding carboxylic acids is 1. The van der Waals surface area contributed by atoms with E-state index in [1.54, 1.807) is 4.90 Å². The summed E-state index contributed by atoms with van der Waals surface area (Å²) >= 11 is 0. The molecule has 1 aromatic carbocycles. The molecule has 1 fully saturated rings. The third-order valence-electron chi connectivity index (χ3n) is 5.55. The van der Waals surface area contributed by atoms with Gasteiger partial charge in [-0.25, -0.2) is 22.8 Å². The average Bonchev–Trinajstić information content (AvgIpc) is 2.72. The van der Waals surface area contributed by atoms with Gasteiger partial charge < -0.3 is 14.6 Å². The normalized spacial score (nSPS) is 17.5. The summed E-state index contributed by atoms with van der Waals surface area (Å²) in [7, 11) is -3.77. The van der Waals surface area contributed by atoms with E-state index in [1.807, 2.05) is 18.7 Å². The minimum absolute atomic E-state index is 0.0183. The van der Waals surface area contributed by atoms with Gasteiger partial charge in [0.2, 0.25) is 5.95 Å². The van der Waals surface area contributed by atoms with E-state index in [0.29, 0.717) is 25.1 Å². The Balaban J connectivity index is 1.94. The minimum Gasteiger partial charge on any atom is -0.368 e. The van der Waals surface area contributed by atoms with Crippen molar-refractivity contribution in [3.63, 3.8) is 0 Å². The van der Waals surface area contributed by atoms with Crippen LogP contribution in [0, 0.1) is 11.7 Å². The van der Waals surface area contributed by atoms with Crippen LogP contribution in [-0.2, 0) is 27.2 Å². The van der Waals surface area contributed by atoms with Crippen LogP contribution in [0.4, 0.5) is 29.2 Å². The molecular formula is C21H24F4N4O3S. The summed E-state index contributed by atoms with van der Waals surface area (Å²) in [5.74, 6) is -0.953. The number of aldehydes is 1. The molecule has 0 amide bonds. The maximum atomic E-state index is 14.0. The summed E-state index contributed by atoms with van der Waals surface area (Å²) in [5.41, 5.74) is -0.929. The Morgan fingerprint density at radius 3 is 2.52 bits per heavy atom. The number of halogens is 4. The lowest BCUT2D eigenvalue weighted by molar-refractivity contribution is -0.141. The topological polar surface area (TPSA) is 83.5 Å². The van der Waals surface area contributed by atoms with Crippen LogP contribution in [0.15, 0.2) is 29.3 Å². The molecule has 2 heterocycles. The first-order valence-corrected chi connectivity index (χ1v) is 12.1. The van der Waals surface area contributed by atoms with Gasteiger partial charge in [-0.1, -0.05) is 13.8 Å². The Bertz CT molecular complexity index is 1140. The first-order chi connectivity index (χ1) is 15.3. The van der Waals surface area contributed by atoms with Gasteiger partial charge in [0.25, 0.3) is 0 Å². The molecule has 33 heavy (non-hydrogen) atoms. The quantitative estimate of drug-likeness (QED) is 0.456. The van der Waals surface area contributed by atoms with E-state index < -0.39 is 38.8 Å². The maximum absolute atomic E-state index is 14.0. The zero-order valence-electron chi connectivity index (χ0n) is 18.3. The molecule has 1 unspecified atom stereocenters. The summed E-state index contributed by atoms with van der Waals surface area (Å²) in [4.78, 5) is 21.7. The predicted molar refractivity (Wildman–Crippen MR) is 114 cm³/mol. The van der Waals surface area contributed by atoms with E-state index in [0.717, 1.165) is 18.5 Å². The number of anilines is 2. The fourth-order valence-corrected chi connectivity index (χ4v) is 4.61. The number of alkyl halides is 3. The molecule has 1 aliphatic rings. The lowest BCUT2D eigenvalue weighted by atomic mass is 9.99. The summed E-state index contributed by atoms with van der Waals surface area (Å²) in [5, 5.41) is 0. The zero-order valence-corrected chi connectivity index (χ0v) is 19.1. The Morgan fingerprint density at radius 2 is 1.94 bits per heavy atom. The molecule has 0 spiro atoms. The Hall–Kier alpha value is -2.76. The Kier molecular flexibility index (Phi) is 6.96. The van der Waals surface area contributed by atoms with Crippen molar-refractivity contribution in [3.8, 4) is 0 Å². The molecule has 0 saturated carbocycles. The number of sulfone groups is 1. The zero-order chi connectivity index (χ0) is 24.6. The average molecular weight is 489 g/mol. The molecule has 1 aliphatic heterocycles. The van der Waals surface area contributed by atoms with Crippen LogP contribution >= 0.6 is 0 Å². The number of nitrogens with zero attached hydrogens (tertiary/aromatic N) is 4. The smallest absolute Gasteiger partial charge is 0.368 e. The molecule has 0 N–H and O–H groups in total. The number of aromatic nitrogens is 2. The van der Waals surface area contributed by atoms with Gasteiger partial charge in [0.15, 0.2) is 15.5 Å². The molecule has 0 bridgehead atoms. The van der Waals surface area contributed by atoms with Crippen molar-refractivity contribution in [3.05, 3.63) is 41.5 Å². The van der Waals surface area contributed by atoms with Crippen molar-refractivity contribution >= 4 is 27.8 Å². The highest BCUT2D eigenvalue weighted by Crippen LogP contribution is 2.33. The predicted octanol–water partition coefficient (Wildman–Crippen LogP) is 3.13. The van der Waals surface area contributed by atoms with Crippen molar-refractivity contribution < 1.29 is 30.8 Å². The monoisotopic (exact) mass is 488 g/mol. The van der Waals surface area contributed by atoms with Crippen molar-refractivity contribution in [2.75, 3.05) is 35.7 Å². The maximum Gasteiger partial charge on any atom is 0.433 e. The summed E-state index contributed by atoms with van der Waals surface area (Å²) in [6.07, 6.45) is -2.85. The van der Waals surface area contributed by atoms with E-state index in [4.69, 9.17) is 0 Å². The van der Waals surface area contributed by atoms with Gasteiger partial charge >= 0.3 is 6.18 Å². The third-order valence-corrected chi connectivity index (χ3v) is 6.66. The minimum atomic E-state index is -4.73. The largest absolute Gasteiger partial charge is 0.433 e. The van der Waals surface area contributed by atoms with Crippen LogP contribution in [0.2, 0.25) is 0 Å². The number of piperazine rings is 1. The number of rotatable bonds is 6. The van der Waals surface area contributed by atoms with Gasteiger partial charge in [-0.2, -0.15) is 13.2 Å². The number of hydrogen-bond acceptors (Lipinski definition) is 7. The second kappa shape index (κ2) is 9.24. The Labute approximate surface area is 189 Å². The van der Waals surface area contributed by atoms with Crippen molar-refractivity contribution in [2.24, 2.45) is 5.92 Å². The van der Waals surface area contributed by atoms with E-state index in [1.165, 1.54) is 12.1 Å². The molecule has 1 saturated heterocycles. The fraction of sp³-hybridized carbons (Fsp3) is 0.476. The van der Waals surface area contributed by atoms with Crippen LogP contribution < -0.4 is 9.80 Å². The standard InChI is InChI=1S/C21H24F4N4O3S/c1-13(2)17-12-28(15-4-5-16(22)18(10-15)33(3,31)32)7-8-29(17)20-26-11-14(6-9-30)19(27-20)21(23,24)25/h4-5,9-11,13,17H,6-8,12H2,1-3H3. The highest BCUT2D eigenvalue weighted by Gasteiger charge is 2.38.